The van der Waals surface area contributed by atoms with Gasteiger partial charge in [-0.3, -0.25) is 19.8 Å². The van der Waals surface area contributed by atoms with Gasteiger partial charge in [-0.05, 0) is 96.5 Å². The predicted molar refractivity (Wildman–Crippen MR) is 129 cm³/mol. The molecule has 8 heteroatoms. The number of thiocarbonyl (C=S) groups is 1. The van der Waals surface area contributed by atoms with Gasteiger partial charge in [0.15, 0.2) is 16.6 Å². The summed E-state index contributed by atoms with van der Waals surface area (Å²) in [5.41, 5.74) is 3.23. The number of rotatable bonds is 5. The minimum absolute atomic E-state index is 0.00785. The number of aryl methyl sites for hydroxylation is 1. The van der Waals surface area contributed by atoms with Crippen molar-refractivity contribution in [2.45, 2.75) is 20.8 Å². The van der Waals surface area contributed by atoms with Crippen LogP contribution >= 0.6 is 34.8 Å². The molecular weight excluding hydrogens is 515 g/mol. The van der Waals surface area contributed by atoms with Crippen LogP contribution in [0.25, 0.3) is 6.08 Å². The Labute approximate surface area is 194 Å². The number of amides is 2. The van der Waals surface area contributed by atoms with Crippen molar-refractivity contribution in [2.24, 2.45) is 0 Å². The number of halogens is 1. The first kappa shape index (κ1) is 22.2. The standard InChI is InChI=1S/C22H21IN2O4S/c1-5-29-19-16(23)10-14(11-18(19)28-4)9-15-20(26)24-22(30)25(21(15)27)17-8-6-7-12(2)13(17)3/h6-11H,5H2,1-4H3,(H,24,26,30)/b15-9-. The first-order valence-corrected chi connectivity index (χ1v) is 10.7. The summed E-state index contributed by atoms with van der Waals surface area (Å²) in [5.74, 6) is 0.149. The number of methoxy groups -OCH3 is 1. The summed E-state index contributed by atoms with van der Waals surface area (Å²) in [6, 6.07) is 9.18. The third kappa shape index (κ3) is 4.20. The van der Waals surface area contributed by atoms with E-state index in [0.29, 0.717) is 29.4 Å². The number of hydrogen-bond acceptors (Lipinski definition) is 5. The Kier molecular flexibility index (Phi) is 6.77. The summed E-state index contributed by atoms with van der Waals surface area (Å²) in [6.45, 7) is 6.26. The van der Waals surface area contributed by atoms with Crippen LogP contribution in [0.1, 0.15) is 23.6 Å². The molecule has 1 aliphatic heterocycles. The van der Waals surface area contributed by atoms with E-state index in [1.165, 1.54) is 11.0 Å². The number of carbonyl (C=O) groups excluding carboxylic acids is 2. The number of nitrogens with one attached hydrogen (secondary N) is 1. The lowest BCUT2D eigenvalue weighted by atomic mass is 10.0. The van der Waals surface area contributed by atoms with Gasteiger partial charge in [-0.2, -0.15) is 0 Å². The fourth-order valence-corrected chi connectivity index (χ4v) is 4.18. The highest BCUT2D eigenvalue weighted by Crippen LogP contribution is 2.35. The summed E-state index contributed by atoms with van der Waals surface area (Å²) in [6.07, 6.45) is 1.54. The zero-order chi connectivity index (χ0) is 22.0. The lowest BCUT2D eigenvalue weighted by Crippen LogP contribution is -2.54. The smallest absolute Gasteiger partial charge is 0.270 e. The van der Waals surface area contributed by atoms with Gasteiger partial charge >= 0.3 is 0 Å². The molecule has 2 aromatic rings. The summed E-state index contributed by atoms with van der Waals surface area (Å²) in [5, 5.41) is 2.69. The average molecular weight is 536 g/mol. The van der Waals surface area contributed by atoms with Crippen LogP contribution in [0.2, 0.25) is 0 Å². The number of hydrogen-bond donors (Lipinski definition) is 1. The Hall–Kier alpha value is -2.46. The maximum atomic E-state index is 13.3. The van der Waals surface area contributed by atoms with Crippen molar-refractivity contribution in [2.75, 3.05) is 18.6 Å². The number of benzene rings is 2. The van der Waals surface area contributed by atoms with Gasteiger partial charge < -0.3 is 9.47 Å². The fourth-order valence-electron chi connectivity index (χ4n) is 3.13. The van der Waals surface area contributed by atoms with Gasteiger partial charge in [-0.15, -0.1) is 0 Å². The highest BCUT2D eigenvalue weighted by atomic mass is 127. The maximum absolute atomic E-state index is 13.3. The molecule has 1 fully saturated rings. The number of anilines is 1. The van der Waals surface area contributed by atoms with Crippen molar-refractivity contribution < 1.29 is 19.1 Å². The largest absolute Gasteiger partial charge is 0.493 e. The van der Waals surface area contributed by atoms with E-state index in [0.717, 1.165) is 14.7 Å². The van der Waals surface area contributed by atoms with Gasteiger partial charge in [0.25, 0.3) is 11.8 Å². The van der Waals surface area contributed by atoms with Crippen LogP contribution in [0.15, 0.2) is 35.9 Å². The topological polar surface area (TPSA) is 67.9 Å². The minimum atomic E-state index is -0.533. The normalized spacial score (nSPS) is 15.4. The molecule has 2 amide bonds. The van der Waals surface area contributed by atoms with Crippen LogP contribution in [0.4, 0.5) is 5.69 Å². The highest BCUT2D eigenvalue weighted by molar-refractivity contribution is 14.1. The molecule has 1 N–H and O–H groups in total. The molecule has 1 aliphatic rings. The van der Waals surface area contributed by atoms with Crippen LogP contribution in [0, 0.1) is 17.4 Å². The molecule has 0 radical (unpaired) electrons. The third-order valence-corrected chi connectivity index (χ3v) is 5.86. The Bertz CT molecular complexity index is 1080. The van der Waals surface area contributed by atoms with Gasteiger partial charge in [0.1, 0.15) is 5.57 Å². The number of carbonyl (C=O) groups is 2. The van der Waals surface area contributed by atoms with E-state index in [9.17, 15) is 9.59 Å². The molecule has 30 heavy (non-hydrogen) atoms. The first-order valence-electron chi connectivity index (χ1n) is 9.26. The highest BCUT2D eigenvalue weighted by Gasteiger charge is 2.35. The van der Waals surface area contributed by atoms with E-state index in [2.05, 4.69) is 27.9 Å². The molecule has 1 heterocycles. The van der Waals surface area contributed by atoms with E-state index in [-0.39, 0.29) is 10.7 Å². The lowest BCUT2D eigenvalue weighted by Gasteiger charge is -2.30. The van der Waals surface area contributed by atoms with E-state index >= 15 is 0 Å². The molecule has 0 aliphatic carbocycles. The number of ether oxygens (including phenoxy) is 2. The van der Waals surface area contributed by atoms with Crippen molar-refractivity contribution in [1.82, 2.24) is 5.32 Å². The van der Waals surface area contributed by atoms with E-state index in [1.807, 2.05) is 45.0 Å². The van der Waals surface area contributed by atoms with Crippen LogP contribution in [-0.4, -0.2) is 30.6 Å². The maximum Gasteiger partial charge on any atom is 0.270 e. The molecule has 0 unspecified atom stereocenters. The quantitative estimate of drug-likeness (QED) is 0.269. The lowest BCUT2D eigenvalue weighted by molar-refractivity contribution is -0.122. The Morgan fingerprint density at radius 1 is 1.23 bits per heavy atom. The van der Waals surface area contributed by atoms with Gasteiger partial charge in [-0.25, -0.2) is 0 Å². The van der Waals surface area contributed by atoms with Crippen LogP contribution < -0.4 is 19.7 Å². The molecule has 0 bridgehead atoms. The monoisotopic (exact) mass is 536 g/mol. The third-order valence-electron chi connectivity index (χ3n) is 4.77. The van der Waals surface area contributed by atoms with Gasteiger partial charge in [0.05, 0.1) is 23.0 Å². The summed E-state index contributed by atoms with van der Waals surface area (Å²) >= 11 is 7.44. The fraction of sp³-hybridized carbons (Fsp3) is 0.227. The van der Waals surface area contributed by atoms with Crippen molar-refractivity contribution in [3.8, 4) is 11.5 Å². The Morgan fingerprint density at radius 3 is 2.63 bits per heavy atom. The van der Waals surface area contributed by atoms with Crippen molar-refractivity contribution in [3.05, 3.63) is 56.2 Å². The zero-order valence-electron chi connectivity index (χ0n) is 17.0. The van der Waals surface area contributed by atoms with Crippen LogP contribution in [0.3, 0.4) is 0 Å². The molecule has 0 saturated carbocycles. The van der Waals surface area contributed by atoms with E-state index in [1.54, 1.807) is 13.2 Å². The van der Waals surface area contributed by atoms with Crippen molar-refractivity contribution in [1.29, 1.82) is 0 Å². The van der Waals surface area contributed by atoms with Gasteiger partial charge in [-0.1, -0.05) is 12.1 Å². The second-order valence-corrected chi connectivity index (χ2v) is 8.19. The van der Waals surface area contributed by atoms with Gasteiger partial charge in [0, 0.05) is 0 Å². The van der Waals surface area contributed by atoms with Gasteiger partial charge in [0.2, 0.25) is 0 Å². The summed E-state index contributed by atoms with van der Waals surface area (Å²) < 4.78 is 11.9. The predicted octanol–water partition coefficient (Wildman–Crippen LogP) is 4.15. The minimum Gasteiger partial charge on any atom is -0.493 e. The molecule has 0 aromatic heterocycles. The Morgan fingerprint density at radius 2 is 1.97 bits per heavy atom. The van der Waals surface area contributed by atoms with Crippen molar-refractivity contribution in [3.63, 3.8) is 0 Å². The first-order chi connectivity index (χ1) is 14.3. The molecule has 6 nitrogen and oxygen atoms in total. The second-order valence-electron chi connectivity index (χ2n) is 6.64. The molecule has 2 aromatic carbocycles. The van der Waals surface area contributed by atoms with Crippen molar-refractivity contribution >= 4 is 63.5 Å². The van der Waals surface area contributed by atoms with Crippen LogP contribution in [0.5, 0.6) is 11.5 Å². The number of nitrogens with zero attached hydrogens (tertiary/aromatic N) is 1. The van der Waals surface area contributed by atoms with E-state index < -0.39 is 11.8 Å². The molecule has 156 valence electrons. The summed E-state index contributed by atoms with van der Waals surface area (Å²) in [7, 11) is 1.55. The summed E-state index contributed by atoms with van der Waals surface area (Å²) in [4.78, 5) is 27.2. The zero-order valence-corrected chi connectivity index (χ0v) is 20.0. The Balaban J connectivity index is 2.07. The average Bonchev–Trinajstić information content (AvgIpc) is 2.70. The SMILES string of the molecule is CCOc1c(I)cc(/C=C2/C(=O)NC(=S)N(c3cccc(C)c3C)C2=O)cc1OC. The molecule has 1 saturated heterocycles. The molecule has 3 rings (SSSR count). The molecule has 0 atom stereocenters. The molecular formula is C22H21IN2O4S. The second kappa shape index (κ2) is 9.13. The van der Waals surface area contributed by atoms with E-state index in [4.69, 9.17) is 21.7 Å². The molecule has 0 spiro atoms. The van der Waals surface area contributed by atoms with Crippen LogP contribution in [-0.2, 0) is 9.59 Å².